The second-order valence-corrected chi connectivity index (χ2v) is 14.4. The molecule has 2 heterocycles. The van der Waals surface area contributed by atoms with E-state index in [4.69, 9.17) is 0 Å². The Morgan fingerprint density at radius 3 is 1.84 bits per heavy atom. The van der Waals surface area contributed by atoms with Crippen molar-refractivity contribution in [3.8, 4) is 27.9 Å². The first-order valence-electron chi connectivity index (χ1n) is 17.7. The van der Waals surface area contributed by atoms with Crippen molar-refractivity contribution in [3.63, 3.8) is 0 Å². The van der Waals surface area contributed by atoms with Gasteiger partial charge in [0.25, 0.3) is 0 Å². The Bertz CT molecular complexity index is 2720. The highest BCUT2D eigenvalue weighted by molar-refractivity contribution is 7.25. The molecular formula is C48H34N2S. The Labute approximate surface area is 301 Å². The van der Waals surface area contributed by atoms with E-state index < -0.39 is 0 Å². The molecule has 51 heavy (non-hydrogen) atoms. The molecule has 1 aliphatic carbocycles. The first kappa shape index (κ1) is 29.7. The lowest BCUT2D eigenvalue weighted by Crippen LogP contribution is -2.09. The first-order valence-corrected chi connectivity index (χ1v) is 18.5. The molecule has 1 aliphatic rings. The summed E-state index contributed by atoms with van der Waals surface area (Å²) in [5, 5.41) is 3.91. The van der Waals surface area contributed by atoms with Crippen molar-refractivity contribution in [1.29, 1.82) is 0 Å². The fraction of sp³-hybridized carbons (Fsp3) is 0.0417. The van der Waals surface area contributed by atoms with Gasteiger partial charge in [-0.05, 0) is 108 Å². The SMILES string of the molecule is C1=Cc2c(n(-c3ccccc3)c3ccc(-c4ccc(N(c5ccc(-c6ccccc6)cc5)c5ccc6sc7ccccc7c6c5)cc4)cc23)CC1. The largest absolute Gasteiger partial charge is 0.313 e. The van der Waals surface area contributed by atoms with Crippen LogP contribution in [0.1, 0.15) is 17.7 Å². The molecule has 0 saturated heterocycles. The highest BCUT2D eigenvalue weighted by Gasteiger charge is 2.20. The van der Waals surface area contributed by atoms with Crippen molar-refractivity contribution in [2.24, 2.45) is 0 Å². The van der Waals surface area contributed by atoms with Crippen molar-refractivity contribution < 1.29 is 0 Å². The van der Waals surface area contributed by atoms with E-state index in [1.165, 1.54) is 70.3 Å². The minimum atomic E-state index is 1.05. The summed E-state index contributed by atoms with van der Waals surface area (Å²) in [7, 11) is 0. The van der Waals surface area contributed by atoms with E-state index in [-0.39, 0.29) is 0 Å². The molecule has 0 N–H and O–H groups in total. The number of rotatable bonds is 6. The van der Waals surface area contributed by atoms with Crippen LogP contribution in [0.3, 0.4) is 0 Å². The minimum absolute atomic E-state index is 1.05. The average molecular weight is 671 g/mol. The molecule has 0 atom stereocenters. The Kier molecular flexibility index (Phi) is 7.18. The van der Waals surface area contributed by atoms with Gasteiger partial charge in [-0.3, -0.25) is 0 Å². The van der Waals surface area contributed by atoms with Gasteiger partial charge >= 0.3 is 0 Å². The molecule has 10 rings (SSSR count). The smallest absolute Gasteiger partial charge is 0.0538 e. The van der Waals surface area contributed by atoms with Crippen molar-refractivity contribution >= 4 is 65.6 Å². The number of nitrogens with zero attached hydrogens (tertiary/aromatic N) is 2. The van der Waals surface area contributed by atoms with Crippen LogP contribution < -0.4 is 4.90 Å². The highest BCUT2D eigenvalue weighted by Crippen LogP contribution is 2.42. The third-order valence-corrected chi connectivity index (χ3v) is 11.4. The lowest BCUT2D eigenvalue weighted by atomic mass is 9.98. The molecule has 2 nitrogen and oxygen atoms in total. The van der Waals surface area contributed by atoms with Crippen molar-refractivity contribution in [2.75, 3.05) is 4.90 Å². The lowest BCUT2D eigenvalue weighted by molar-refractivity contribution is 0.888. The quantitative estimate of drug-likeness (QED) is 0.171. The van der Waals surface area contributed by atoms with Crippen molar-refractivity contribution in [1.82, 2.24) is 4.57 Å². The molecule has 0 unspecified atom stereocenters. The summed E-state index contributed by atoms with van der Waals surface area (Å²) in [6.07, 6.45) is 6.76. The molecule has 7 aromatic carbocycles. The van der Waals surface area contributed by atoms with Crippen LogP contribution in [-0.4, -0.2) is 4.57 Å². The number of thiophene rings is 1. The second kappa shape index (κ2) is 12.3. The molecule has 0 bridgehead atoms. The van der Waals surface area contributed by atoms with Crippen LogP contribution in [0.5, 0.6) is 0 Å². The number of allylic oxidation sites excluding steroid dienone is 1. The van der Waals surface area contributed by atoms with Gasteiger partial charge in [-0.2, -0.15) is 0 Å². The number of aromatic nitrogens is 1. The summed E-state index contributed by atoms with van der Waals surface area (Å²) in [6, 6.07) is 62.0. The van der Waals surface area contributed by atoms with Crippen LogP contribution in [-0.2, 0) is 6.42 Å². The van der Waals surface area contributed by atoms with Gasteiger partial charge in [0.15, 0.2) is 0 Å². The molecule has 9 aromatic rings. The highest BCUT2D eigenvalue weighted by atomic mass is 32.1. The van der Waals surface area contributed by atoms with Crippen molar-refractivity contribution in [2.45, 2.75) is 12.8 Å². The van der Waals surface area contributed by atoms with Crippen molar-refractivity contribution in [3.05, 3.63) is 187 Å². The maximum absolute atomic E-state index is 2.45. The number of hydrogen-bond donors (Lipinski definition) is 0. The molecule has 0 spiro atoms. The van der Waals surface area contributed by atoms with E-state index in [2.05, 4.69) is 191 Å². The van der Waals surface area contributed by atoms with Gasteiger partial charge in [0.05, 0.1) is 5.52 Å². The third kappa shape index (κ3) is 5.17. The monoisotopic (exact) mass is 670 g/mol. The molecule has 242 valence electrons. The number of para-hydroxylation sites is 1. The van der Waals surface area contributed by atoms with E-state index in [0.717, 1.165) is 29.9 Å². The molecule has 0 radical (unpaired) electrons. The predicted molar refractivity (Wildman–Crippen MR) is 219 cm³/mol. The Morgan fingerprint density at radius 2 is 1.08 bits per heavy atom. The Hall–Kier alpha value is -6.16. The molecule has 0 fully saturated rings. The summed E-state index contributed by atoms with van der Waals surface area (Å²) in [4.78, 5) is 2.38. The molecule has 3 heteroatoms. The topological polar surface area (TPSA) is 8.17 Å². The van der Waals surface area contributed by atoms with Gasteiger partial charge in [-0.15, -0.1) is 11.3 Å². The standard InChI is InChI=1S/C48H34N2S/c1-3-11-33(12-4-1)34-19-24-38(25-20-34)49(40-28-30-48-44(32-40)42-16-8-10-18-47(42)51-48)39-26-21-35(22-27-39)36-23-29-46-43(31-36)41-15-7-9-17-45(41)50(46)37-13-5-2-6-14-37/h1-8,10-16,18-32H,9,17H2. The zero-order valence-electron chi connectivity index (χ0n) is 28.0. The van der Waals surface area contributed by atoms with Gasteiger partial charge in [-0.25, -0.2) is 0 Å². The zero-order valence-corrected chi connectivity index (χ0v) is 28.9. The van der Waals surface area contributed by atoms with Gasteiger partial charge in [0.1, 0.15) is 0 Å². The Morgan fingerprint density at radius 1 is 0.471 bits per heavy atom. The average Bonchev–Trinajstić information content (AvgIpc) is 3.74. The number of hydrogen-bond acceptors (Lipinski definition) is 2. The van der Waals surface area contributed by atoms with Crippen LogP contribution in [0.25, 0.3) is 65.1 Å². The normalized spacial score (nSPS) is 12.5. The fourth-order valence-corrected chi connectivity index (χ4v) is 8.90. The molecular weight excluding hydrogens is 637 g/mol. The predicted octanol–water partition coefficient (Wildman–Crippen LogP) is 13.8. The summed E-state index contributed by atoms with van der Waals surface area (Å²) in [5.41, 5.74) is 13.5. The molecule has 2 aromatic heterocycles. The summed E-state index contributed by atoms with van der Waals surface area (Å²) in [6.45, 7) is 0. The first-order chi connectivity index (χ1) is 25.3. The molecule has 0 amide bonds. The summed E-state index contributed by atoms with van der Waals surface area (Å²) in [5.74, 6) is 0. The second-order valence-electron chi connectivity index (χ2n) is 13.3. The van der Waals surface area contributed by atoms with E-state index in [0.29, 0.717) is 0 Å². The van der Waals surface area contributed by atoms with Gasteiger partial charge in [0, 0.05) is 59.6 Å². The van der Waals surface area contributed by atoms with Gasteiger partial charge in [-0.1, -0.05) is 109 Å². The number of anilines is 3. The number of fused-ring (bicyclic) bond motifs is 6. The minimum Gasteiger partial charge on any atom is -0.313 e. The molecule has 0 saturated carbocycles. The van der Waals surface area contributed by atoms with Crippen LogP contribution in [0, 0.1) is 0 Å². The lowest BCUT2D eigenvalue weighted by Gasteiger charge is -2.26. The van der Waals surface area contributed by atoms with Gasteiger partial charge < -0.3 is 9.47 Å². The van der Waals surface area contributed by atoms with Crippen LogP contribution in [0.4, 0.5) is 17.1 Å². The summed E-state index contributed by atoms with van der Waals surface area (Å²) < 4.78 is 5.08. The van der Waals surface area contributed by atoms with Gasteiger partial charge in [0.2, 0.25) is 0 Å². The Balaban J connectivity index is 1.07. The van der Waals surface area contributed by atoms with E-state index in [1.54, 1.807) is 0 Å². The fourth-order valence-electron chi connectivity index (χ4n) is 7.81. The number of benzene rings is 7. The maximum Gasteiger partial charge on any atom is 0.0538 e. The van der Waals surface area contributed by atoms with Crippen LogP contribution in [0.2, 0.25) is 0 Å². The third-order valence-electron chi connectivity index (χ3n) is 10.3. The van der Waals surface area contributed by atoms with Crippen LogP contribution >= 0.6 is 11.3 Å². The van der Waals surface area contributed by atoms with Crippen LogP contribution in [0.15, 0.2) is 176 Å². The van der Waals surface area contributed by atoms with E-state index in [1.807, 2.05) is 11.3 Å². The summed E-state index contributed by atoms with van der Waals surface area (Å²) >= 11 is 1.86. The molecule has 0 aliphatic heterocycles. The maximum atomic E-state index is 2.45. The van der Waals surface area contributed by atoms with E-state index >= 15 is 0 Å². The van der Waals surface area contributed by atoms with E-state index in [9.17, 15) is 0 Å². The zero-order chi connectivity index (χ0) is 33.7.